The highest BCUT2D eigenvalue weighted by Crippen LogP contribution is 2.03. The summed E-state index contributed by atoms with van der Waals surface area (Å²) >= 11 is 0. The fourth-order valence-corrected chi connectivity index (χ4v) is 1.76. The Balaban J connectivity index is 2.55. The number of ether oxygens (including phenoxy) is 3. The number of hydrogen-bond acceptors (Lipinski definition) is 6. The van der Waals surface area contributed by atoms with Gasteiger partial charge in [0.15, 0.2) is 0 Å². The van der Waals surface area contributed by atoms with Crippen LogP contribution in [-0.2, 0) is 23.8 Å². The van der Waals surface area contributed by atoms with Crippen molar-refractivity contribution in [1.29, 1.82) is 0 Å². The lowest BCUT2D eigenvalue weighted by Crippen LogP contribution is -2.51. The molecular weight excluding hydrogens is 252 g/mol. The summed E-state index contributed by atoms with van der Waals surface area (Å²) in [6.07, 6.45) is -0.542. The molecule has 19 heavy (non-hydrogen) atoms. The lowest BCUT2D eigenvalue weighted by atomic mass is 10.2. The van der Waals surface area contributed by atoms with E-state index in [0.29, 0.717) is 32.9 Å². The van der Waals surface area contributed by atoms with E-state index in [1.165, 1.54) is 4.90 Å². The smallest absolute Gasteiger partial charge is 0.325 e. The zero-order valence-electron chi connectivity index (χ0n) is 11.5. The molecule has 7 heteroatoms. The Hall–Kier alpha value is -1.18. The average Bonchev–Trinajstić information content (AvgIpc) is 2.44. The monoisotopic (exact) mass is 274 g/mol. The van der Waals surface area contributed by atoms with Gasteiger partial charge in [-0.05, 0) is 6.92 Å². The number of amides is 1. The Morgan fingerprint density at radius 3 is 2.84 bits per heavy atom. The molecule has 1 N–H and O–H groups in total. The fourth-order valence-electron chi connectivity index (χ4n) is 1.76. The average molecular weight is 274 g/mol. The molecule has 110 valence electrons. The van der Waals surface area contributed by atoms with Crippen molar-refractivity contribution in [1.82, 2.24) is 10.2 Å². The second-order valence-corrected chi connectivity index (χ2v) is 4.12. The van der Waals surface area contributed by atoms with E-state index in [9.17, 15) is 9.59 Å². The summed E-state index contributed by atoms with van der Waals surface area (Å²) in [6, 6.07) is 0. The van der Waals surface area contributed by atoms with Crippen LogP contribution in [0.1, 0.15) is 6.92 Å². The first-order valence-electron chi connectivity index (χ1n) is 6.44. The molecule has 7 nitrogen and oxygen atoms in total. The van der Waals surface area contributed by atoms with Crippen molar-refractivity contribution in [2.45, 2.75) is 13.0 Å². The number of esters is 1. The molecule has 1 unspecified atom stereocenters. The molecule has 1 heterocycles. The van der Waals surface area contributed by atoms with Gasteiger partial charge < -0.3 is 24.4 Å². The third kappa shape index (κ3) is 5.54. The van der Waals surface area contributed by atoms with Gasteiger partial charge >= 0.3 is 5.97 Å². The number of carbonyl (C=O) groups is 2. The van der Waals surface area contributed by atoms with Gasteiger partial charge in [0.2, 0.25) is 0 Å². The summed E-state index contributed by atoms with van der Waals surface area (Å²) in [5, 5.41) is 3.09. The Morgan fingerprint density at radius 2 is 2.26 bits per heavy atom. The third-order valence-electron chi connectivity index (χ3n) is 2.71. The molecule has 0 aromatic heterocycles. The normalized spacial score (nSPS) is 18.9. The first kappa shape index (κ1) is 15.9. The molecule has 0 spiro atoms. The van der Waals surface area contributed by atoms with Crippen LogP contribution < -0.4 is 5.32 Å². The van der Waals surface area contributed by atoms with Crippen molar-refractivity contribution in [3.05, 3.63) is 0 Å². The third-order valence-corrected chi connectivity index (χ3v) is 2.71. The van der Waals surface area contributed by atoms with Crippen molar-refractivity contribution in [2.24, 2.45) is 0 Å². The summed E-state index contributed by atoms with van der Waals surface area (Å²) < 4.78 is 15.2. The standard InChI is InChI=1S/C12H22N2O5/c1-3-18-11(15)9-14(5-7-17-2)12(16)10-8-13-4-6-19-10/h10,13H,3-9H2,1-2H3. The summed E-state index contributed by atoms with van der Waals surface area (Å²) in [6.45, 7) is 4.36. The lowest BCUT2D eigenvalue weighted by molar-refractivity contribution is -0.154. The van der Waals surface area contributed by atoms with Crippen LogP contribution in [0.5, 0.6) is 0 Å². The second-order valence-electron chi connectivity index (χ2n) is 4.12. The van der Waals surface area contributed by atoms with Gasteiger partial charge in [-0.2, -0.15) is 0 Å². The summed E-state index contributed by atoms with van der Waals surface area (Å²) in [7, 11) is 1.55. The SMILES string of the molecule is CCOC(=O)CN(CCOC)C(=O)C1CNCCO1. The van der Waals surface area contributed by atoms with Crippen molar-refractivity contribution in [2.75, 3.05) is 53.1 Å². The molecule has 1 aliphatic heterocycles. The maximum atomic E-state index is 12.2. The second kappa shape index (κ2) is 8.84. The van der Waals surface area contributed by atoms with E-state index in [1.54, 1.807) is 14.0 Å². The highest BCUT2D eigenvalue weighted by atomic mass is 16.5. The van der Waals surface area contributed by atoms with Crippen molar-refractivity contribution >= 4 is 11.9 Å². The number of rotatable bonds is 7. The van der Waals surface area contributed by atoms with Crippen LogP contribution in [0, 0.1) is 0 Å². The predicted molar refractivity (Wildman–Crippen MR) is 67.7 cm³/mol. The maximum Gasteiger partial charge on any atom is 0.325 e. The highest BCUT2D eigenvalue weighted by Gasteiger charge is 2.28. The van der Waals surface area contributed by atoms with Gasteiger partial charge in [0.05, 0.1) is 19.8 Å². The number of carbonyl (C=O) groups excluding carboxylic acids is 2. The number of nitrogens with one attached hydrogen (secondary N) is 1. The van der Waals surface area contributed by atoms with E-state index in [1.807, 2.05) is 0 Å². The summed E-state index contributed by atoms with van der Waals surface area (Å²) in [5.74, 6) is -0.631. The molecule has 1 aliphatic rings. The van der Waals surface area contributed by atoms with Gasteiger partial charge in [-0.25, -0.2) is 0 Å². The Bertz CT molecular complexity index is 292. The Kier molecular flexibility index (Phi) is 7.39. The van der Waals surface area contributed by atoms with Crippen LogP contribution in [0.4, 0.5) is 0 Å². The van der Waals surface area contributed by atoms with E-state index in [-0.39, 0.29) is 12.5 Å². The van der Waals surface area contributed by atoms with Crippen LogP contribution >= 0.6 is 0 Å². The molecule has 0 saturated carbocycles. The first-order valence-corrected chi connectivity index (χ1v) is 6.44. The van der Waals surface area contributed by atoms with Crippen LogP contribution in [0.2, 0.25) is 0 Å². The van der Waals surface area contributed by atoms with Gasteiger partial charge in [-0.3, -0.25) is 9.59 Å². The molecule has 0 aliphatic carbocycles. The maximum absolute atomic E-state index is 12.2. The van der Waals surface area contributed by atoms with E-state index in [0.717, 1.165) is 6.54 Å². The van der Waals surface area contributed by atoms with Crippen molar-refractivity contribution < 1.29 is 23.8 Å². The van der Waals surface area contributed by atoms with Gasteiger partial charge in [-0.1, -0.05) is 0 Å². The van der Waals surface area contributed by atoms with Gasteiger partial charge in [-0.15, -0.1) is 0 Å². The molecule has 1 saturated heterocycles. The number of methoxy groups -OCH3 is 1. The van der Waals surface area contributed by atoms with Crippen LogP contribution in [0.25, 0.3) is 0 Å². The van der Waals surface area contributed by atoms with Crippen LogP contribution in [0.3, 0.4) is 0 Å². The molecule has 0 aromatic rings. The van der Waals surface area contributed by atoms with E-state index in [2.05, 4.69) is 5.32 Å². The number of hydrogen-bond donors (Lipinski definition) is 1. The summed E-state index contributed by atoms with van der Waals surface area (Å²) in [4.78, 5) is 25.1. The van der Waals surface area contributed by atoms with Crippen molar-refractivity contribution in [3.63, 3.8) is 0 Å². The largest absolute Gasteiger partial charge is 0.465 e. The number of morpholine rings is 1. The molecule has 1 atom stereocenters. The van der Waals surface area contributed by atoms with Crippen molar-refractivity contribution in [3.8, 4) is 0 Å². The lowest BCUT2D eigenvalue weighted by Gasteiger charge is -2.29. The zero-order valence-corrected chi connectivity index (χ0v) is 11.5. The van der Waals surface area contributed by atoms with Crippen LogP contribution in [-0.4, -0.2) is 76.0 Å². The minimum absolute atomic E-state index is 0.0735. The molecule has 1 amide bonds. The molecule has 0 radical (unpaired) electrons. The number of nitrogens with zero attached hydrogens (tertiary/aromatic N) is 1. The van der Waals surface area contributed by atoms with E-state index >= 15 is 0 Å². The van der Waals surface area contributed by atoms with Crippen LogP contribution in [0.15, 0.2) is 0 Å². The zero-order chi connectivity index (χ0) is 14.1. The highest BCUT2D eigenvalue weighted by molar-refractivity contribution is 5.85. The fraction of sp³-hybridized carbons (Fsp3) is 0.833. The molecular formula is C12H22N2O5. The molecule has 0 aromatic carbocycles. The van der Waals surface area contributed by atoms with E-state index < -0.39 is 12.1 Å². The molecule has 1 rings (SSSR count). The minimum Gasteiger partial charge on any atom is -0.465 e. The molecule has 0 bridgehead atoms. The van der Waals surface area contributed by atoms with Gasteiger partial charge in [0.1, 0.15) is 12.6 Å². The van der Waals surface area contributed by atoms with Gasteiger partial charge in [0.25, 0.3) is 5.91 Å². The Morgan fingerprint density at radius 1 is 1.47 bits per heavy atom. The topological polar surface area (TPSA) is 77.1 Å². The molecule has 1 fully saturated rings. The first-order chi connectivity index (χ1) is 9.19. The minimum atomic E-state index is -0.542. The quantitative estimate of drug-likeness (QED) is 0.601. The Labute approximate surface area is 113 Å². The van der Waals surface area contributed by atoms with E-state index in [4.69, 9.17) is 14.2 Å². The van der Waals surface area contributed by atoms with Gasteiger partial charge in [0, 0.05) is 26.7 Å². The predicted octanol–water partition coefficient (Wildman–Crippen LogP) is -0.987. The summed E-state index contributed by atoms with van der Waals surface area (Å²) in [5.41, 5.74) is 0.